The highest BCUT2D eigenvalue weighted by molar-refractivity contribution is 5.99. The van der Waals surface area contributed by atoms with E-state index in [2.05, 4.69) is 15.6 Å². The summed E-state index contributed by atoms with van der Waals surface area (Å²) in [7, 11) is 4.82. The molecular formula is C13H21N5O3. The van der Waals surface area contributed by atoms with Crippen molar-refractivity contribution in [2.24, 2.45) is 7.05 Å². The van der Waals surface area contributed by atoms with E-state index in [1.807, 2.05) is 0 Å². The monoisotopic (exact) mass is 295 g/mol. The molecule has 2 heterocycles. The Hall–Kier alpha value is -1.96. The zero-order valence-corrected chi connectivity index (χ0v) is 12.8. The van der Waals surface area contributed by atoms with Gasteiger partial charge in [0.05, 0.1) is 12.3 Å². The molecule has 2 rings (SSSR count). The first-order chi connectivity index (χ1) is 9.97. The Kier molecular flexibility index (Phi) is 4.26. The van der Waals surface area contributed by atoms with Crippen molar-refractivity contribution in [2.45, 2.75) is 25.3 Å². The SMILES string of the molecule is CNC(=O)C1(COC)CCCN1C(=O)c1nnn(C)c1C. The van der Waals surface area contributed by atoms with Crippen molar-refractivity contribution < 1.29 is 14.3 Å². The zero-order chi connectivity index (χ0) is 15.6. The number of amides is 2. The molecule has 116 valence electrons. The Morgan fingerprint density at radius 3 is 2.71 bits per heavy atom. The number of ether oxygens (including phenoxy) is 1. The molecule has 1 saturated heterocycles. The molecule has 1 unspecified atom stereocenters. The third kappa shape index (κ3) is 2.39. The summed E-state index contributed by atoms with van der Waals surface area (Å²) in [4.78, 5) is 26.7. The second kappa shape index (κ2) is 5.80. The van der Waals surface area contributed by atoms with Crippen LogP contribution in [0.4, 0.5) is 0 Å². The maximum absolute atomic E-state index is 12.8. The van der Waals surface area contributed by atoms with E-state index in [1.165, 1.54) is 7.11 Å². The summed E-state index contributed by atoms with van der Waals surface area (Å²) in [6, 6.07) is 0. The number of methoxy groups -OCH3 is 1. The second-order valence-electron chi connectivity index (χ2n) is 5.25. The summed E-state index contributed by atoms with van der Waals surface area (Å²) in [6.45, 7) is 2.45. The molecule has 1 atom stereocenters. The number of likely N-dealkylation sites (tertiary alicyclic amines) is 1. The van der Waals surface area contributed by atoms with Crippen LogP contribution in [0, 0.1) is 6.92 Å². The number of hydrogen-bond donors (Lipinski definition) is 1. The van der Waals surface area contributed by atoms with Crippen molar-refractivity contribution in [3.05, 3.63) is 11.4 Å². The van der Waals surface area contributed by atoms with Gasteiger partial charge < -0.3 is 15.0 Å². The first kappa shape index (κ1) is 15.4. The number of hydrogen-bond acceptors (Lipinski definition) is 5. The van der Waals surface area contributed by atoms with Gasteiger partial charge in [-0.25, -0.2) is 0 Å². The molecule has 0 spiro atoms. The van der Waals surface area contributed by atoms with Gasteiger partial charge in [0.2, 0.25) is 5.91 Å². The third-order valence-corrected chi connectivity index (χ3v) is 4.08. The van der Waals surface area contributed by atoms with Crippen LogP contribution < -0.4 is 5.32 Å². The summed E-state index contributed by atoms with van der Waals surface area (Å²) in [5.41, 5.74) is -0.0104. The van der Waals surface area contributed by atoms with Gasteiger partial charge in [-0.15, -0.1) is 5.10 Å². The lowest BCUT2D eigenvalue weighted by atomic mass is 9.95. The van der Waals surface area contributed by atoms with E-state index in [0.29, 0.717) is 18.7 Å². The van der Waals surface area contributed by atoms with E-state index in [0.717, 1.165) is 6.42 Å². The van der Waals surface area contributed by atoms with Crippen molar-refractivity contribution in [2.75, 3.05) is 27.3 Å². The smallest absolute Gasteiger partial charge is 0.277 e. The number of carbonyl (C=O) groups is 2. The fraction of sp³-hybridized carbons (Fsp3) is 0.692. The molecule has 1 N–H and O–H groups in total. The average Bonchev–Trinajstić information content (AvgIpc) is 3.04. The molecule has 2 amide bonds. The number of aryl methyl sites for hydroxylation is 1. The Labute approximate surface area is 123 Å². The van der Waals surface area contributed by atoms with Crippen LogP contribution in [0.2, 0.25) is 0 Å². The van der Waals surface area contributed by atoms with Gasteiger partial charge in [-0.05, 0) is 19.8 Å². The van der Waals surface area contributed by atoms with Gasteiger partial charge in [0, 0.05) is 27.7 Å². The maximum atomic E-state index is 12.8. The summed E-state index contributed by atoms with van der Waals surface area (Å²) >= 11 is 0. The Morgan fingerprint density at radius 1 is 1.48 bits per heavy atom. The number of nitrogens with zero attached hydrogens (tertiary/aromatic N) is 4. The number of aromatic nitrogens is 3. The highest BCUT2D eigenvalue weighted by atomic mass is 16.5. The van der Waals surface area contributed by atoms with Crippen molar-refractivity contribution in [3.63, 3.8) is 0 Å². The molecule has 1 aromatic rings. The lowest BCUT2D eigenvalue weighted by molar-refractivity contribution is -0.133. The molecule has 1 aromatic heterocycles. The molecule has 0 aliphatic carbocycles. The second-order valence-corrected chi connectivity index (χ2v) is 5.25. The van der Waals surface area contributed by atoms with E-state index in [-0.39, 0.29) is 24.1 Å². The maximum Gasteiger partial charge on any atom is 0.277 e. The molecule has 8 nitrogen and oxygen atoms in total. The van der Waals surface area contributed by atoms with E-state index < -0.39 is 5.54 Å². The number of likely N-dealkylation sites (N-methyl/N-ethyl adjacent to an activating group) is 1. The highest BCUT2D eigenvalue weighted by Gasteiger charge is 2.50. The van der Waals surface area contributed by atoms with Crippen LogP contribution in [0.25, 0.3) is 0 Å². The minimum atomic E-state index is -0.968. The quantitative estimate of drug-likeness (QED) is 0.808. The fourth-order valence-electron chi connectivity index (χ4n) is 2.83. The van der Waals surface area contributed by atoms with Crippen molar-refractivity contribution in [1.29, 1.82) is 0 Å². The van der Waals surface area contributed by atoms with E-state index in [1.54, 1.807) is 30.6 Å². The number of nitrogens with one attached hydrogen (secondary N) is 1. The van der Waals surface area contributed by atoms with E-state index >= 15 is 0 Å². The topological polar surface area (TPSA) is 89.3 Å². The van der Waals surface area contributed by atoms with Gasteiger partial charge in [-0.2, -0.15) is 0 Å². The van der Waals surface area contributed by atoms with Gasteiger partial charge in [0.25, 0.3) is 5.91 Å². The van der Waals surface area contributed by atoms with Gasteiger partial charge in [-0.3, -0.25) is 14.3 Å². The first-order valence-electron chi connectivity index (χ1n) is 6.87. The first-order valence-corrected chi connectivity index (χ1v) is 6.87. The summed E-state index contributed by atoms with van der Waals surface area (Å²) < 4.78 is 6.75. The van der Waals surface area contributed by atoms with E-state index in [4.69, 9.17) is 4.74 Å². The van der Waals surface area contributed by atoms with Gasteiger partial charge in [-0.1, -0.05) is 5.21 Å². The van der Waals surface area contributed by atoms with Gasteiger partial charge in [0.1, 0.15) is 5.54 Å². The van der Waals surface area contributed by atoms with Crippen LogP contribution in [0.1, 0.15) is 29.0 Å². The average molecular weight is 295 g/mol. The van der Waals surface area contributed by atoms with E-state index in [9.17, 15) is 9.59 Å². The van der Waals surface area contributed by atoms with Crippen molar-refractivity contribution in [1.82, 2.24) is 25.2 Å². The minimum Gasteiger partial charge on any atom is -0.382 e. The molecule has 0 radical (unpaired) electrons. The molecular weight excluding hydrogens is 274 g/mol. The van der Waals surface area contributed by atoms with Crippen LogP contribution in [0.3, 0.4) is 0 Å². The van der Waals surface area contributed by atoms with Crippen molar-refractivity contribution >= 4 is 11.8 Å². The lowest BCUT2D eigenvalue weighted by Gasteiger charge is -2.35. The number of carbonyl (C=O) groups excluding carboxylic acids is 2. The Morgan fingerprint density at radius 2 is 2.19 bits per heavy atom. The van der Waals surface area contributed by atoms with Crippen LogP contribution in [-0.2, 0) is 16.6 Å². The normalized spacial score (nSPS) is 21.6. The predicted molar refractivity (Wildman–Crippen MR) is 74.7 cm³/mol. The minimum absolute atomic E-state index is 0.164. The predicted octanol–water partition coefficient (Wildman–Crippen LogP) is -0.509. The Bertz CT molecular complexity index is 556. The highest BCUT2D eigenvalue weighted by Crippen LogP contribution is 2.31. The van der Waals surface area contributed by atoms with Crippen LogP contribution in [-0.4, -0.2) is 64.6 Å². The summed E-state index contributed by atoms with van der Waals surface area (Å²) in [5.74, 6) is -0.490. The van der Waals surface area contributed by atoms with Crippen LogP contribution >= 0.6 is 0 Å². The lowest BCUT2D eigenvalue weighted by Crippen LogP contribution is -2.59. The molecule has 8 heteroatoms. The van der Waals surface area contributed by atoms with Crippen LogP contribution in [0.5, 0.6) is 0 Å². The van der Waals surface area contributed by atoms with Crippen molar-refractivity contribution in [3.8, 4) is 0 Å². The molecule has 1 aliphatic rings. The number of rotatable bonds is 4. The molecule has 1 aliphatic heterocycles. The fourth-order valence-corrected chi connectivity index (χ4v) is 2.83. The summed E-state index contributed by atoms with van der Waals surface area (Å²) in [6.07, 6.45) is 1.33. The molecule has 1 fully saturated rings. The summed E-state index contributed by atoms with van der Waals surface area (Å²) in [5, 5.41) is 10.4. The Balaban J connectivity index is 2.38. The van der Waals surface area contributed by atoms with Gasteiger partial charge in [0.15, 0.2) is 5.69 Å². The molecule has 0 aromatic carbocycles. The zero-order valence-electron chi connectivity index (χ0n) is 12.8. The van der Waals surface area contributed by atoms with Gasteiger partial charge >= 0.3 is 0 Å². The molecule has 0 bridgehead atoms. The molecule has 21 heavy (non-hydrogen) atoms. The standard InChI is InChI=1S/C13H21N5O3/c1-9-10(15-16-17(9)3)11(19)18-7-5-6-13(18,8-21-4)12(20)14-2/h5-8H2,1-4H3,(H,14,20). The largest absolute Gasteiger partial charge is 0.382 e. The molecule has 0 saturated carbocycles. The van der Waals surface area contributed by atoms with Crippen LogP contribution in [0.15, 0.2) is 0 Å². The third-order valence-electron chi connectivity index (χ3n) is 4.08.